The summed E-state index contributed by atoms with van der Waals surface area (Å²) in [5, 5.41) is 3.00. The van der Waals surface area contributed by atoms with Crippen LogP contribution >= 0.6 is 0 Å². The van der Waals surface area contributed by atoms with Crippen molar-refractivity contribution in [3.8, 4) is 0 Å². The minimum Gasteiger partial charge on any atom is -0.337 e. The maximum absolute atomic E-state index is 12.6. The number of hydrogen-bond acceptors (Lipinski definition) is 4. The molecule has 0 saturated carbocycles. The maximum Gasteiger partial charge on any atom is 0.242 e. The van der Waals surface area contributed by atoms with Crippen LogP contribution < -0.4 is 5.32 Å². The molecule has 1 aliphatic rings. The Bertz CT molecular complexity index is 418. The lowest BCUT2D eigenvalue weighted by atomic mass is 10.0. The van der Waals surface area contributed by atoms with Crippen molar-refractivity contribution < 1.29 is 13.2 Å². The SMILES string of the molecule is CCCCN(C(=O)C(C)(C)NC)C1CCS(=O)(=O)C1. The molecule has 19 heavy (non-hydrogen) atoms. The van der Waals surface area contributed by atoms with E-state index in [0.29, 0.717) is 13.0 Å². The van der Waals surface area contributed by atoms with E-state index in [1.165, 1.54) is 0 Å². The van der Waals surface area contributed by atoms with Crippen molar-refractivity contribution in [2.24, 2.45) is 0 Å². The predicted molar refractivity (Wildman–Crippen MR) is 76.8 cm³/mol. The lowest BCUT2D eigenvalue weighted by Gasteiger charge is -2.35. The van der Waals surface area contributed by atoms with Crippen LogP contribution in [0.2, 0.25) is 0 Å². The Hall–Kier alpha value is -0.620. The Morgan fingerprint density at radius 1 is 1.42 bits per heavy atom. The zero-order valence-corrected chi connectivity index (χ0v) is 13.2. The Morgan fingerprint density at radius 2 is 2.05 bits per heavy atom. The second kappa shape index (κ2) is 6.22. The van der Waals surface area contributed by atoms with Gasteiger partial charge in [-0.2, -0.15) is 0 Å². The van der Waals surface area contributed by atoms with Crippen molar-refractivity contribution in [2.75, 3.05) is 25.1 Å². The molecule has 0 aromatic rings. The van der Waals surface area contributed by atoms with Crippen molar-refractivity contribution in [2.45, 2.75) is 51.6 Å². The zero-order chi connectivity index (χ0) is 14.7. The minimum absolute atomic E-state index is 0.00875. The number of carbonyl (C=O) groups is 1. The van der Waals surface area contributed by atoms with Crippen molar-refractivity contribution in [3.05, 3.63) is 0 Å². The van der Waals surface area contributed by atoms with E-state index in [0.717, 1.165) is 12.8 Å². The Balaban J connectivity index is 2.86. The summed E-state index contributed by atoms with van der Waals surface area (Å²) in [6, 6.07) is -0.156. The Morgan fingerprint density at radius 3 is 2.47 bits per heavy atom. The van der Waals surface area contributed by atoms with Gasteiger partial charge in [0.25, 0.3) is 0 Å². The molecule has 1 aliphatic heterocycles. The normalized spacial score (nSPS) is 22.4. The van der Waals surface area contributed by atoms with Crippen LogP contribution in [0.25, 0.3) is 0 Å². The number of nitrogens with one attached hydrogen (secondary N) is 1. The van der Waals surface area contributed by atoms with Gasteiger partial charge >= 0.3 is 0 Å². The maximum atomic E-state index is 12.6. The topological polar surface area (TPSA) is 66.5 Å². The first-order valence-corrected chi connectivity index (χ1v) is 8.76. The fourth-order valence-corrected chi connectivity index (χ4v) is 4.00. The van der Waals surface area contributed by atoms with Crippen LogP contribution in [0.5, 0.6) is 0 Å². The van der Waals surface area contributed by atoms with Crippen LogP contribution in [0.1, 0.15) is 40.0 Å². The molecule has 1 saturated heterocycles. The number of amides is 1. The highest BCUT2D eigenvalue weighted by atomic mass is 32.2. The van der Waals surface area contributed by atoms with E-state index in [1.54, 1.807) is 11.9 Å². The highest BCUT2D eigenvalue weighted by Gasteiger charge is 2.38. The summed E-state index contributed by atoms with van der Waals surface area (Å²) >= 11 is 0. The number of likely N-dealkylation sites (N-methyl/N-ethyl adjacent to an activating group) is 1. The van der Waals surface area contributed by atoms with Crippen LogP contribution in [0, 0.1) is 0 Å². The third-order valence-corrected chi connectivity index (χ3v) is 5.57. The molecule has 0 aromatic carbocycles. The van der Waals surface area contributed by atoms with E-state index < -0.39 is 15.4 Å². The van der Waals surface area contributed by atoms with Gasteiger partial charge in [-0.3, -0.25) is 4.79 Å². The van der Waals surface area contributed by atoms with Gasteiger partial charge in [-0.05, 0) is 33.7 Å². The number of carbonyl (C=O) groups excluding carboxylic acids is 1. The predicted octanol–water partition coefficient (Wildman–Crippen LogP) is 0.800. The summed E-state index contributed by atoms with van der Waals surface area (Å²) in [5.41, 5.74) is -0.653. The van der Waals surface area contributed by atoms with E-state index in [-0.39, 0.29) is 23.5 Å². The molecule has 0 aliphatic carbocycles. The van der Waals surface area contributed by atoms with Crippen LogP contribution in [0.4, 0.5) is 0 Å². The van der Waals surface area contributed by atoms with E-state index in [1.807, 2.05) is 13.8 Å². The third-order valence-electron chi connectivity index (χ3n) is 3.82. The molecule has 1 atom stereocenters. The van der Waals surface area contributed by atoms with E-state index in [4.69, 9.17) is 0 Å². The fourth-order valence-electron chi connectivity index (χ4n) is 2.27. The summed E-state index contributed by atoms with van der Waals surface area (Å²) in [4.78, 5) is 14.3. The van der Waals surface area contributed by atoms with Gasteiger partial charge in [0.05, 0.1) is 17.0 Å². The molecule has 0 radical (unpaired) electrons. The summed E-state index contributed by atoms with van der Waals surface area (Å²) in [6.45, 7) is 6.37. The van der Waals surface area contributed by atoms with Crippen molar-refractivity contribution in [1.82, 2.24) is 10.2 Å². The minimum atomic E-state index is -2.97. The van der Waals surface area contributed by atoms with Gasteiger partial charge in [0.1, 0.15) is 0 Å². The molecule has 6 heteroatoms. The van der Waals surface area contributed by atoms with Crippen molar-refractivity contribution in [3.63, 3.8) is 0 Å². The third kappa shape index (κ3) is 4.18. The van der Waals surface area contributed by atoms with Gasteiger partial charge in [0.15, 0.2) is 9.84 Å². The molecule has 1 fully saturated rings. The van der Waals surface area contributed by atoms with Gasteiger partial charge in [-0.15, -0.1) is 0 Å². The summed E-state index contributed by atoms with van der Waals surface area (Å²) in [7, 11) is -1.21. The lowest BCUT2D eigenvalue weighted by molar-refractivity contribution is -0.139. The van der Waals surface area contributed by atoms with Crippen LogP contribution in [-0.2, 0) is 14.6 Å². The fraction of sp³-hybridized carbons (Fsp3) is 0.923. The summed E-state index contributed by atoms with van der Waals surface area (Å²) < 4.78 is 23.2. The van der Waals surface area contributed by atoms with E-state index >= 15 is 0 Å². The molecule has 0 bridgehead atoms. The monoisotopic (exact) mass is 290 g/mol. The van der Waals surface area contributed by atoms with Crippen LogP contribution in [0.15, 0.2) is 0 Å². The van der Waals surface area contributed by atoms with Gasteiger partial charge in [0, 0.05) is 12.6 Å². The quantitative estimate of drug-likeness (QED) is 0.786. The highest BCUT2D eigenvalue weighted by Crippen LogP contribution is 2.21. The van der Waals surface area contributed by atoms with E-state index in [2.05, 4.69) is 12.2 Å². The first-order valence-electron chi connectivity index (χ1n) is 6.94. The summed E-state index contributed by atoms with van der Waals surface area (Å²) in [6.07, 6.45) is 2.46. The molecule has 112 valence electrons. The van der Waals surface area contributed by atoms with Crippen molar-refractivity contribution in [1.29, 1.82) is 0 Å². The molecule has 0 aromatic heterocycles. The van der Waals surface area contributed by atoms with Gasteiger partial charge in [0.2, 0.25) is 5.91 Å². The van der Waals surface area contributed by atoms with Gasteiger partial charge in [-0.1, -0.05) is 13.3 Å². The van der Waals surface area contributed by atoms with Crippen LogP contribution in [-0.4, -0.2) is 55.9 Å². The number of unbranched alkanes of at least 4 members (excludes halogenated alkanes) is 1. The van der Waals surface area contributed by atoms with Crippen LogP contribution in [0.3, 0.4) is 0 Å². The largest absolute Gasteiger partial charge is 0.337 e. The average molecular weight is 290 g/mol. The standard InChI is InChI=1S/C13H26N2O3S/c1-5-6-8-15(12(16)13(2,3)14-4)11-7-9-19(17,18)10-11/h11,14H,5-10H2,1-4H3. The molecule has 1 amide bonds. The summed E-state index contributed by atoms with van der Waals surface area (Å²) in [5.74, 6) is 0.307. The molecule has 5 nitrogen and oxygen atoms in total. The van der Waals surface area contributed by atoms with Gasteiger partial charge in [-0.25, -0.2) is 8.42 Å². The van der Waals surface area contributed by atoms with Crippen molar-refractivity contribution >= 4 is 15.7 Å². The molecule has 1 unspecified atom stereocenters. The average Bonchev–Trinajstić information content (AvgIpc) is 2.70. The molecule has 1 N–H and O–H groups in total. The second-order valence-electron chi connectivity index (χ2n) is 5.78. The molecule has 0 spiro atoms. The first-order chi connectivity index (χ1) is 8.73. The first kappa shape index (κ1) is 16.4. The molecular weight excluding hydrogens is 264 g/mol. The number of sulfone groups is 1. The number of rotatable bonds is 6. The Labute approximate surface area is 116 Å². The molecule has 1 rings (SSSR count). The number of hydrogen-bond donors (Lipinski definition) is 1. The second-order valence-corrected chi connectivity index (χ2v) is 8.01. The number of nitrogens with zero attached hydrogens (tertiary/aromatic N) is 1. The van der Waals surface area contributed by atoms with Gasteiger partial charge < -0.3 is 10.2 Å². The Kier molecular flexibility index (Phi) is 5.38. The molecule has 1 heterocycles. The molecular formula is C13H26N2O3S. The zero-order valence-electron chi connectivity index (χ0n) is 12.4. The van der Waals surface area contributed by atoms with E-state index in [9.17, 15) is 13.2 Å². The lowest BCUT2D eigenvalue weighted by Crippen LogP contribution is -2.56. The smallest absolute Gasteiger partial charge is 0.242 e. The highest BCUT2D eigenvalue weighted by molar-refractivity contribution is 7.91.